The molecule has 0 spiro atoms. The Labute approximate surface area is 126 Å². The lowest BCUT2D eigenvalue weighted by atomic mass is 10.2. The highest BCUT2D eigenvalue weighted by atomic mass is 19.1. The molecule has 0 fully saturated rings. The fraction of sp³-hybridized carbons (Fsp3) is 0.125. The number of rotatable bonds is 5. The van der Waals surface area contributed by atoms with Crippen LogP contribution in [0.25, 0.3) is 0 Å². The molecule has 0 aliphatic rings. The van der Waals surface area contributed by atoms with E-state index in [1.165, 1.54) is 49.4 Å². The maximum atomic E-state index is 13.4. The summed E-state index contributed by atoms with van der Waals surface area (Å²) >= 11 is 0. The number of hydrogen-bond acceptors (Lipinski definition) is 3. The van der Waals surface area contributed by atoms with E-state index in [4.69, 9.17) is 9.84 Å². The first kappa shape index (κ1) is 15.5. The van der Waals surface area contributed by atoms with Gasteiger partial charge in [-0.1, -0.05) is 12.1 Å². The molecule has 5 nitrogen and oxygen atoms in total. The summed E-state index contributed by atoms with van der Waals surface area (Å²) in [6, 6.07) is 11.5. The van der Waals surface area contributed by atoms with Crippen molar-refractivity contribution in [2.75, 3.05) is 5.32 Å². The van der Waals surface area contributed by atoms with Crippen molar-refractivity contribution in [3.63, 3.8) is 0 Å². The third-order valence-corrected chi connectivity index (χ3v) is 2.92. The number of hydrogen-bond donors (Lipinski definition) is 2. The summed E-state index contributed by atoms with van der Waals surface area (Å²) in [5.41, 5.74) is 0.194. The van der Waals surface area contributed by atoms with Gasteiger partial charge < -0.3 is 15.2 Å². The molecule has 0 aliphatic carbocycles. The lowest BCUT2D eigenvalue weighted by molar-refractivity contribution is -0.122. The molecular weight excluding hydrogens is 289 g/mol. The molecule has 1 amide bonds. The molecule has 6 heteroatoms. The van der Waals surface area contributed by atoms with Crippen molar-refractivity contribution in [1.29, 1.82) is 0 Å². The molecule has 0 aromatic heterocycles. The van der Waals surface area contributed by atoms with E-state index in [1.807, 2.05) is 0 Å². The monoisotopic (exact) mass is 303 g/mol. The highest BCUT2D eigenvalue weighted by Crippen LogP contribution is 2.16. The molecule has 2 N–H and O–H groups in total. The molecule has 114 valence electrons. The molecule has 0 saturated carbocycles. The molecule has 2 rings (SSSR count). The van der Waals surface area contributed by atoms with Crippen molar-refractivity contribution in [3.05, 3.63) is 59.9 Å². The van der Waals surface area contributed by atoms with Crippen LogP contribution in [0.2, 0.25) is 0 Å². The maximum Gasteiger partial charge on any atom is 0.335 e. The van der Waals surface area contributed by atoms with E-state index >= 15 is 0 Å². The van der Waals surface area contributed by atoms with Gasteiger partial charge in [0.2, 0.25) is 0 Å². The topological polar surface area (TPSA) is 75.6 Å². The number of anilines is 1. The first-order valence-electron chi connectivity index (χ1n) is 6.53. The van der Waals surface area contributed by atoms with Crippen LogP contribution >= 0.6 is 0 Å². The summed E-state index contributed by atoms with van der Waals surface area (Å²) in [7, 11) is 0. The lowest BCUT2D eigenvalue weighted by Crippen LogP contribution is -2.30. The van der Waals surface area contributed by atoms with Crippen LogP contribution in [-0.4, -0.2) is 23.1 Å². The number of amides is 1. The second kappa shape index (κ2) is 6.71. The van der Waals surface area contributed by atoms with Crippen molar-refractivity contribution in [2.45, 2.75) is 13.0 Å². The number of carbonyl (C=O) groups excluding carboxylic acids is 1. The second-order valence-electron chi connectivity index (χ2n) is 4.56. The Hall–Kier alpha value is -2.89. The summed E-state index contributed by atoms with van der Waals surface area (Å²) in [6.45, 7) is 1.52. The van der Waals surface area contributed by atoms with Crippen molar-refractivity contribution >= 4 is 17.6 Å². The number of aromatic carboxylic acids is 1. The normalized spacial score (nSPS) is 11.5. The number of nitrogens with one attached hydrogen (secondary N) is 1. The Morgan fingerprint density at radius 3 is 2.36 bits per heavy atom. The van der Waals surface area contributed by atoms with E-state index in [9.17, 15) is 14.0 Å². The molecule has 2 aromatic rings. The molecule has 0 bridgehead atoms. The number of carboxylic acids is 1. The molecule has 0 saturated heterocycles. The van der Waals surface area contributed by atoms with Gasteiger partial charge in [-0.2, -0.15) is 0 Å². The zero-order valence-electron chi connectivity index (χ0n) is 11.7. The Bertz CT molecular complexity index is 685. The SMILES string of the molecule is CC(Oc1ccc(C(=O)O)cc1)C(=O)Nc1ccccc1F. The predicted molar refractivity (Wildman–Crippen MR) is 78.5 cm³/mol. The third kappa shape index (κ3) is 3.82. The van der Waals surface area contributed by atoms with Gasteiger partial charge in [0.15, 0.2) is 6.10 Å². The fourth-order valence-electron chi connectivity index (χ4n) is 1.73. The molecule has 22 heavy (non-hydrogen) atoms. The first-order chi connectivity index (χ1) is 10.5. The molecule has 0 radical (unpaired) electrons. The van der Waals surface area contributed by atoms with E-state index in [2.05, 4.69) is 5.32 Å². The van der Waals surface area contributed by atoms with Crippen molar-refractivity contribution in [1.82, 2.24) is 0 Å². The summed E-state index contributed by atoms with van der Waals surface area (Å²) in [4.78, 5) is 22.7. The van der Waals surface area contributed by atoms with Crippen LogP contribution in [-0.2, 0) is 4.79 Å². The van der Waals surface area contributed by atoms with Gasteiger partial charge in [0, 0.05) is 0 Å². The average molecular weight is 303 g/mol. The predicted octanol–water partition coefficient (Wildman–Crippen LogP) is 2.93. The van der Waals surface area contributed by atoms with E-state index in [0.717, 1.165) is 0 Å². The highest BCUT2D eigenvalue weighted by Gasteiger charge is 2.16. The summed E-state index contributed by atoms with van der Waals surface area (Å²) in [5.74, 6) is -1.74. The molecule has 0 heterocycles. The van der Waals surface area contributed by atoms with Gasteiger partial charge in [-0.3, -0.25) is 4.79 Å². The van der Waals surface area contributed by atoms with Crippen molar-refractivity contribution < 1.29 is 23.8 Å². The quantitative estimate of drug-likeness (QED) is 0.890. The summed E-state index contributed by atoms with van der Waals surface area (Å²) in [5, 5.41) is 11.2. The number of carboxylic acid groups (broad SMARTS) is 1. The minimum Gasteiger partial charge on any atom is -0.481 e. The number of benzene rings is 2. The molecule has 0 aliphatic heterocycles. The number of halogens is 1. The zero-order valence-corrected chi connectivity index (χ0v) is 11.7. The van der Waals surface area contributed by atoms with Crippen LogP contribution in [0, 0.1) is 5.82 Å². The van der Waals surface area contributed by atoms with Crippen LogP contribution < -0.4 is 10.1 Å². The van der Waals surface area contributed by atoms with Crippen LogP contribution in [0.1, 0.15) is 17.3 Å². The van der Waals surface area contributed by atoms with Crippen LogP contribution in [0.3, 0.4) is 0 Å². The van der Waals surface area contributed by atoms with Gasteiger partial charge in [0.05, 0.1) is 11.3 Å². The minimum atomic E-state index is -1.04. The number of para-hydroxylation sites is 1. The van der Waals surface area contributed by atoms with Gasteiger partial charge in [0.1, 0.15) is 11.6 Å². The average Bonchev–Trinajstić information content (AvgIpc) is 2.50. The van der Waals surface area contributed by atoms with Crippen LogP contribution in [0.4, 0.5) is 10.1 Å². The zero-order chi connectivity index (χ0) is 16.1. The molecule has 1 atom stereocenters. The largest absolute Gasteiger partial charge is 0.481 e. The standard InChI is InChI=1S/C16H14FNO4/c1-10(15(19)18-14-5-3-2-4-13(14)17)22-12-8-6-11(7-9-12)16(20)21/h2-10H,1H3,(H,18,19)(H,20,21). The first-order valence-corrected chi connectivity index (χ1v) is 6.53. The van der Waals surface area contributed by atoms with E-state index < -0.39 is 23.8 Å². The van der Waals surface area contributed by atoms with Gasteiger partial charge >= 0.3 is 5.97 Å². The second-order valence-corrected chi connectivity index (χ2v) is 4.56. The smallest absolute Gasteiger partial charge is 0.335 e. The Morgan fingerprint density at radius 1 is 1.14 bits per heavy atom. The third-order valence-electron chi connectivity index (χ3n) is 2.92. The van der Waals surface area contributed by atoms with E-state index in [0.29, 0.717) is 5.75 Å². The van der Waals surface area contributed by atoms with Crippen LogP contribution in [0.15, 0.2) is 48.5 Å². The molecular formula is C16H14FNO4. The maximum absolute atomic E-state index is 13.4. The lowest BCUT2D eigenvalue weighted by Gasteiger charge is -2.15. The van der Waals surface area contributed by atoms with Gasteiger partial charge in [0.25, 0.3) is 5.91 Å². The van der Waals surface area contributed by atoms with Crippen LogP contribution in [0.5, 0.6) is 5.75 Å². The Kier molecular flexibility index (Phi) is 4.73. The Balaban J connectivity index is 1.99. The highest BCUT2D eigenvalue weighted by molar-refractivity contribution is 5.94. The van der Waals surface area contributed by atoms with E-state index in [-0.39, 0.29) is 11.3 Å². The Morgan fingerprint density at radius 2 is 1.77 bits per heavy atom. The molecule has 2 aromatic carbocycles. The number of ether oxygens (including phenoxy) is 1. The number of carbonyl (C=O) groups is 2. The van der Waals surface area contributed by atoms with Gasteiger partial charge in [-0.15, -0.1) is 0 Å². The van der Waals surface area contributed by atoms with Gasteiger partial charge in [-0.25, -0.2) is 9.18 Å². The van der Waals surface area contributed by atoms with Gasteiger partial charge in [-0.05, 0) is 43.3 Å². The van der Waals surface area contributed by atoms with Crippen molar-refractivity contribution in [3.8, 4) is 5.75 Å². The molecule has 1 unspecified atom stereocenters. The summed E-state index contributed by atoms with van der Waals surface area (Å²) < 4.78 is 18.8. The van der Waals surface area contributed by atoms with Crippen molar-refractivity contribution in [2.24, 2.45) is 0 Å². The fourth-order valence-corrected chi connectivity index (χ4v) is 1.73. The minimum absolute atomic E-state index is 0.0733. The van der Waals surface area contributed by atoms with E-state index in [1.54, 1.807) is 6.07 Å². The summed E-state index contributed by atoms with van der Waals surface area (Å²) in [6.07, 6.45) is -0.865.